The van der Waals surface area contributed by atoms with E-state index in [4.69, 9.17) is 0 Å². The van der Waals surface area contributed by atoms with Crippen molar-refractivity contribution >= 4 is 32.0 Å². The number of thiophene rings is 1. The molecule has 0 bridgehead atoms. The molecule has 1 aliphatic heterocycles. The molecule has 1 saturated heterocycles. The summed E-state index contributed by atoms with van der Waals surface area (Å²) in [6.07, 6.45) is 1.48. The predicted molar refractivity (Wildman–Crippen MR) is 81.4 cm³/mol. The highest BCUT2D eigenvalue weighted by molar-refractivity contribution is 7.91. The van der Waals surface area contributed by atoms with E-state index < -0.39 is 14.9 Å². The maximum atomic E-state index is 12.3. The third kappa shape index (κ3) is 3.70. The molecule has 8 nitrogen and oxygen atoms in total. The van der Waals surface area contributed by atoms with Crippen LogP contribution in [0.3, 0.4) is 0 Å². The summed E-state index contributed by atoms with van der Waals surface area (Å²) in [4.78, 5) is 12.5. The number of anilines is 1. The number of sulfonamides is 1. The maximum absolute atomic E-state index is 12.3. The van der Waals surface area contributed by atoms with Gasteiger partial charge in [-0.15, -0.1) is 0 Å². The lowest BCUT2D eigenvalue weighted by molar-refractivity contribution is -0.383. The van der Waals surface area contributed by atoms with E-state index in [1.165, 1.54) is 7.05 Å². The second-order valence-corrected chi connectivity index (χ2v) is 7.98. The minimum absolute atomic E-state index is 0.0301. The van der Waals surface area contributed by atoms with Crippen molar-refractivity contribution in [1.82, 2.24) is 9.62 Å². The molecule has 118 valence electrons. The van der Waals surface area contributed by atoms with Gasteiger partial charge in [0.2, 0.25) is 0 Å². The molecule has 0 aliphatic carbocycles. The van der Waals surface area contributed by atoms with Crippen molar-refractivity contribution in [3.05, 3.63) is 16.2 Å². The van der Waals surface area contributed by atoms with Gasteiger partial charge in [-0.25, -0.2) is 13.1 Å². The highest BCUT2D eigenvalue weighted by Gasteiger charge is 2.28. The Morgan fingerprint density at radius 1 is 1.43 bits per heavy atom. The molecular weight excluding hydrogens is 316 g/mol. The first-order chi connectivity index (χ1) is 9.83. The van der Waals surface area contributed by atoms with E-state index in [1.54, 1.807) is 0 Å². The summed E-state index contributed by atoms with van der Waals surface area (Å²) in [5, 5.41) is 13.8. The molecule has 0 saturated carbocycles. The van der Waals surface area contributed by atoms with E-state index >= 15 is 0 Å². The number of hydrogen-bond donors (Lipinski definition) is 2. The fraction of sp³-hybridized carbons (Fsp3) is 0.636. The summed E-state index contributed by atoms with van der Waals surface area (Å²) in [5.74, 6) is 0. The first kappa shape index (κ1) is 16.1. The number of rotatable bonds is 5. The Hall–Kier alpha value is -1.23. The molecule has 0 unspecified atom stereocenters. The van der Waals surface area contributed by atoms with Gasteiger partial charge in [-0.05, 0) is 33.0 Å². The van der Waals surface area contributed by atoms with Crippen molar-refractivity contribution in [2.75, 3.05) is 32.5 Å². The minimum Gasteiger partial charge on any atom is -0.374 e. The summed E-state index contributed by atoms with van der Waals surface area (Å²) in [6.45, 7) is 1.67. The zero-order chi connectivity index (χ0) is 15.6. The van der Waals surface area contributed by atoms with Crippen LogP contribution in [0.25, 0.3) is 0 Å². The van der Waals surface area contributed by atoms with Gasteiger partial charge in [0.05, 0.1) is 4.92 Å². The van der Waals surface area contributed by atoms with Crippen molar-refractivity contribution < 1.29 is 13.3 Å². The summed E-state index contributed by atoms with van der Waals surface area (Å²) in [7, 11) is -0.197. The van der Waals surface area contributed by atoms with Crippen LogP contribution >= 0.6 is 11.3 Å². The topological polar surface area (TPSA) is 105 Å². The SMILES string of the molecule is CNc1sc(S(=O)(=O)NC2CCN(C)CC2)cc1[N+](=O)[O-]. The van der Waals surface area contributed by atoms with Crippen molar-refractivity contribution in [3.8, 4) is 0 Å². The van der Waals surface area contributed by atoms with Gasteiger partial charge in [0.15, 0.2) is 5.00 Å². The van der Waals surface area contributed by atoms with E-state index in [0.29, 0.717) is 0 Å². The van der Waals surface area contributed by atoms with Gasteiger partial charge in [-0.2, -0.15) is 0 Å². The van der Waals surface area contributed by atoms with Gasteiger partial charge in [0.25, 0.3) is 10.0 Å². The van der Waals surface area contributed by atoms with Crippen LogP contribution in [0.15, 0.2) is 10.3 Å². The van der Waals surface area contributed by atoms with E-state index in [0.717, 1.165) is 43.3 Å². The van der Waals surface area contributed by atoms with E-state index in [1.807, 2.05) is 7.05 Å². The fourth-order valence-electron chi connectivity index (χ4n) is 2.21. The summed E-state index contributed by atoms with van der Waals surface area (Å²) in [5.41, 5.74) is -0.216. The van der Waals surface area contributed by atoms with Crippen LogP contribution in [-0.4, -0.2) is 51.5 Å². The van der Waals surface area contributed by atoms with Crippen molar-refractivity contribution in [3.63, 3.8) is 0 Å². The van der Waals surface area contributed by atoms with Crippen LogP contribution in [-0.2, 0) is 10.0 Å². The molecule has 1 fully saturated rings. The largest absolute Gasteiger partial charge is 0.374 e. The number of hydrogen-bond acceptors (Lipinski definition) is 7. The first-order valence-corrected chi connectivity index (χ1v) is 8.80. The Bertz CT molecular complexity index is 620. The van der Waals surface area contributed by atoms with Gasteiger partial charge in [0, 0.05) is 19.2 Å². The Labute approximate surface area is 127 Å². The molecular formula is C11H18N4O4S2. The Balaban J connectivity index is 2.18. The minimum atomic E-state index is -3.72. The zero-order valence-electron chi connectivity index (χ0n) is 11.8. The van der Waals surface area contributed by atoms with E-state index in [9.17, 15) is 18.5 Å². The summed E-state index contributed by atoms with van der Waals surface area (Å²) >= 11 is 0.870. The van der Waals surface area contributed by atoms with Crippen molar-refractivity contribution in [1.29, 1.82) is 0 Å². The molecule has 2 N–H and O–H groups in total. The quantitative estimate of drug-likeness (QED) is 0.616. The van der Waals surface area contributed by atoms with Crippen molar-refractivity contribution in [2.45, 2.75) is 23.1 Å². The van der Waals surface area contributed by atoms with Crippen LogP contribution in [0.4, 0.5) is 10.7 Å². The van der Waals surface area contributed by atoms with Crippen LogP contribution < -0.4 is 10.0 Å². The summed E-state index contributed by atoms with van der Waals surface area (Å²) in [6, 6.07) is 0.985. The average molecular weight is 334 g/mol. The molecule has 0 spiro atoms. The van der Waals surface area contributed by atoms with Crippen LogP contribution in [0.1, 0.15) is 12.8 Å². The van der Waals surface area contributed by atoms with Gasteiger partial charge >= 0.3 is 5.69 Å². The molecule has 1 aromatic heterocycles. The third-order valence-corrected chi connectivity index (χ3v) is 6.55. The molecule has 0 amide bonds. The van der Waals surface area contributed by atoms with Gasteiger partial charge in [-0.1, -0.05) is 11.3 Å². The second kappa shape index (κ2) is 6.26. The maximum Gasteiger partial charge on any atom is 0.304 e. The average Bonchev–Trinajstić information content (AvgIpc) is 2.86. The Morgan fingerprint density at radius 2 is 2.05 bits per heavy atom. The number of piperidine rings is 1. The van der Waals surface area contributed by atoms with Gasteiger partial charge < -0.3 is 10.2 Å². The smallest absolute Gasteiger partial charge is 0.304 e. The van der Waals surface area contributed by atoms with Crippen LogP contribution in [0, 0.1) is 10.1 Å². The second-order valence-electron chi connectivity index (χ2n) is 4.99. The van der Waals surface area contributed by atoms with Crippen LogP contribution in [0.2, 0.25) is 0 Å². The molecule has 1 aliphatic rings. The highest BCUT2D eigenvalue weighted by atomic mass is 32.2. The lowest BCUT2D eigenvalue weighted by atomic mass is 10.1. The molecule has 0 radical (unpaired) electrons. The van der Waals surface area contributed by atoms with Crippen molar-refractivity contribution in [2.24, 2.45) is 0 Å². The number of likely N-dealkylation sites (tertiary alicyclic amines) is 1. The lowest BCUT2D eigenvalue weighted by Crippen LogP contribution is -2.43. The molecule has 0 aromatic carbocycles. The van der Waals surface area contributed by atoms with Gasteiger partial charge in [0.1, 0.15) is 4.21 Å². The molecule has 10 heteroatoms. The van der Waals surface area contributed by atoms with Gasteiger partial charge in [-0.3, -0.25) is 10.1 Å². The van der Waals surface area contributed by atoms with E-state index in [2.05, 4.69) is 14.9 Å². The summed E-state index contributed by atoms with van der Waals surface area (Å²) < 4.78 is 27.3. The normalized spacial score (nSPS) is 17.8. The molecule has 21 heavy (non-hydrogen) atoms. The number of nitrogens with zero attached hydrogens (tertiary/aromatic N) is 2. The molecule has 1 aromatic rings. The Morgan fingerprint density at radius 3 is 2.52 bits per heavy atom. The van der Waals surface area contributed by atoms with E-state index in [-0.39, 0.29) is 20.9 Å². The van der Waals surface area contributed by atoms with Crippen LogP contribution in [0.5, 0.6) is 0 Å². The third-order valence-electron chi connectivity index (χ3n) is 3.42. The monoisotopic (exact) mass is 334 g/mol. The standard InChI is InChI=1S/C11H18N4O4S2/c1-12-11-9(15(16)17)7-10(20-11)21(18,19)13-8-3-5-14(2)6-4-8/h7-8,12-13H,3-6H2,1-2H3. The predicted octanol–water partition coefficient (Wildman–Crippen LogP) is 1.07. The molecule has 2 rings (SSSR count). The Kier molecular flexibility index (Phi) is 4.81. The number of nitrogens with one attached hydrogen (secondary N) is 2. The fourth-order valence-corrected chi connectivity index (χ4v) is 4.81. The number of nitro groups is 1. The highest BCUT2D eigenvalue weighted by Crippen LogP contribution is 2.36. The zero-order valence-corrected chi connectivity index (χ0v) is 13.5. The molecule has 2 heterocycles. The first-order valence-electron chi connectivity index (χ1n) is 6.50. The molecule has 0 atom stereocenters. The lowest BCUT2D eigenvalue weighted by Gasteiger charge is -2.29.